The highest BCUT2D eigenvalue weighted by atomic mass is 16.6. The Kier molecular flexibility index (Phi) is 4.83. The summed E-state index contributed by atoms with van der Waals surface area (Å²) in [6, 6.07) is 5.84. The molecule has 1 aromatic carbocycles. The molecule has 2 heterocycles. The van der Waals surface area contributed by atoms with Crippen LogP contribution in [0, 0.1) is 29.9 Å². The van der Waals surface area contributed by atoms with Gasteiger partial charge in [-0.05, 0) is 55.9 Å². The Morgan fingerprint density at radius 2 is 1.92 bits per heavy atom. The zero-order valence-electron chi connectivity index (χ0n) is 14.8. The fraction of sp³-hybridized carbons (Fsp3) is 0.444. The van der Waals surface area contributed by atoms with Crippen molar-refractivity contribution >= 4 is 23.0 Å². The second-order valence-corrected chi connectivity index (χ2v) is 6.75. The molecule has 0 amide bonds. The van der Waals surface area contributed by atoms with Gasteiger partial charge >= 0.3 is 5.69 Å². The normalized spacial score (nSPS) is 15.2. The molecule has 7 nitrogen and oxygen atoms in total. The zero-order chi connectivity index (χ0) is 18.0. The van der Waals surface area contributed by atoms with Crippen LogP contribution in [0.25, 0.3) is 0 Å². The van der Waals surface area contributed by atoms with Crippen LogP contribution in [0.1, 0.15) is 30.9 Å². The Labute approximate surface area is 147 Å². The highest BCUT2D eigenvalue weighted by Gasteiger charge is 2.29. The van der Waals surface area contributed by atoms with E-state index in [1.165, 1.54) is 11.9 Å². The average Bonchev–Trinajstić information content (AvgIpc) is 2.58. The minimum Gasteiger partial charge on any atom is -0.351 e. The van der Waals surface area contributed by atoms with Crippen LogP contribution in [0.5, 0.6) is 0 Å². The van der Waals surface area contributed by atoms with E-state index < -0.39 is 4.92 Å². The number of piperidine rings is 1. The van der Waals surface area contributed by atoms with Crippen molar-refractivity contribution in [2.75, 3.05) is 23.3 Å². The maximum absolute atomic E-state index is 11.7. The van der Waals surface area contributed by atoms with Gasteiger partial charge in [-0.15, -0.1) is 0 Å². The molecule has 0 saturated carbocycles. The molecule has 1 aliphatic rings. The minimum absolute atomic E-state index is 0.0599. The summed E-state index contributed by atoms with van der Waals surface area (Å²) in [6.07, 6.45) is 3.42. The molecule has 3 rings (SSSR count). The Hall–Kier alpha value is -2.70. The van der Waals surface area contributed by atoms with Crippen LogP contribution in [0.15, 0.2) is 24.5 Å². The molecular formula is C18H23N5O2. The number of benzene rings is 1. The van der Waals surface area contributed by atoms with E-state index in [0.29, 0.717) is 11.7 Å². The third-order valence-electron chi connectivity index (χ3n) is 4.84. The third-order valence-corrected chi connectivity index (χ3v) is 4.84. The third kappa shape index (κ3) is 3.70. The SMILES string of the molecule is Cc1ccc(Nc2ncnc(N3CCC(C)CC3)c2[N+](=O)[O-])cc1C. The van der Waals surface area contributed by atoms with Crippen molar-refractivity contribution in [3.63, 3.8) is 0 Å². The summed E-state index contributed by atoms with van der Waals surface area (Å²) in [5.74, 6) is 1.28. The smallest absolute Gasteiger partial charge is 0.351 e. The van der Waals surface area contributed by atoms with E-state index in [-0.39, 0.29) is 11.5 Å². The van der Waals surface area contributed by atoms with Crippen LogP contribution >= 0.6 is 0 Å². The van der Waals surface area contributed by atoms with E-state index >= 15 is 0 Å². The Morgan fingerprint density at radius 3 is 2.56 bits per heavy atom. The summed E-state index contributed by atoms with van der Waals surface area (Å²) in [5, 5.41) is 14.8. The molecule has 1 fully saturated rings. The van der Waals surface area contributed by atoms with E-state index in [0.717, 1.165) is 37.2 Å². The van der Waals surface area contributed by atoms with Crippen LogP contribution in [-0.4, -0.2) is 28.0 Å². The van der Waals surface area contributed by atoms with Crippen LogP contribution in [0.2, 0.25) is 0 Å². The van der Waals surface area contributed by atoms with E-state index in [2.05, 4.69) is 22.2 Å². The quantitative estimate of drug-likeness (QED) is 0.669. The van der Waals surface area contributed by atoms with E-state index in [4.69, 9.17) is 0 Å². The Bertz CT molecular complexity index is 785. The van der Waals surface area contributed by atoms with Crippen molar-refractivity contribution in [3.05, 3.63) is 45.8 Å². The summed E-state index contributed by atoms with van der Waals surface area (Å²) in [6.45, 7) is 7.81. The molecule has 0 aliphatic carbocycles. The molecule has 0 unspecified atom stereocenters. The van der Waals surface area contributed by atoms with Crippen molar-refractivity contribution in [1.29, 1.82) is 0 Å². The monoisotopic (exact) mass is 341 g/mol. The standard InChI is InChI=1S/C18H23N5O2/c1-12-6-8-22(9-7-12)18-16(23(24)25)17(19-11-20-18)21-15-5-4-13(2)14(3)10-15/h4-5,10-12H,6-9H2,1-3H3,(H,19,20,21). The summed E-state index contributed by atoms with van der Waals surface area (Å²) in [4.78, 5) is 21.7. The highest BCUT2D eigenvalue weighted by Crippen LogP contribution is 2.35. The fourth-order valence-corrected chi connectivity index (χ4v) is 3.04. The second kappa shape index (κ2) is 7.04. The lowest BCUT2D eigenvalue weighted by molar-refractivity contribution is -0.383. The van der Waals surface area contributed by atoms with Gasteiger partial charge in [0.15, 0.2) is 0 Å². The molecule has 1 N–H and O–H groups in total. The Balaban J connectivity index is 1.95. The van der Waals surface area contributed by atoms with Crippen molar-refractivity contribution in [2.45, 2.75) is 33.6 Å². The lowest BCUT2D eigenvalue weighted by Gasteiger charge is -2.30. The number of rotatable bonds is 4. The number of aromatic nitrogens is 2. The number of nitro groups is 1. The maximum atomic E-state index is 11.7. The molecule has 0 bridgehead atoms. The molecule has 1 aromatic heterocycles. The van der Waals surface area contributed by atoms with Gasteiger partial charge in [0.25, 0.3) is 0 Å². The summed E-state index contributed by atoms with van der Waals surface area (Å²) >= 11 is 0. The molecule has 25 heavy (non-hydrogen) atoms. The van der Waals surface area contributed by atoms with Gasteiger partial charge in [0, 0.05) is 18.8 Å². The molecule has 0 spiro atoms. The topological polar surface area (TPSA) is 84.2 Å². The number of hydrogen-bond acceptors (Lipinski definition) is 6. The maximum Gasteiger partial charge on any atom is 0.353 e. The van der Waals surface area contributed by atoms with E-state index in [1.54, 1.807) is 0 Å². The number of aryl methyl sites for hydroxylation is 2. The number of nitrogens with zero attached hydrogens (tertiary/aromatic N) is 4. The van der Waals surface area contributed by atoms with Gasteiger partial charge in [-0.3, -0.25) is 10.1 Å². The van der Waals surface area contributed by atoms with Gasteiger partial charge in [0.2, 0.25) is 11.6 Å². The van der Waals surface area contributed by atoms with Crippen LogP contribution in [-0.2, 0) is 0 Å². The molecule has 1 saturated heterocycles. The first-order valence-electron chi connectivity index (χ1n) is 8.54. The fourth-order valence-electron chi connectivity index (χ4n) is 3.04. The summed E-state index contributed by atoms with van der Waals surface area (Å²) in [5.41, 5.74) is 3.01. The summed E-state index contributed by atoms with van der Waals surface area (Å²) in [7, 11) is 0. The van der Waals surface area contributed by atoms with Gasteiger partial charge in [-0.25, -0.2) is 9.97 Å². The highest BCUT2D eigenvalue weighted by molar-refractivity contribution is 5.74. The minimum atomic E-state index is -0.392. The van der Waals surface area contributed by atoms with Crippen molar-refractivity contribution in [3.8, 4) is 0 Å². The average molecular weight is 341 g/mol. The summed E-state index contributed by atoms with van der Waals surface area (Å²) < 4.78 is 0. The second-order valence-electron chi connectivity index (χ2n) is 6.75. The Morgan fingerprint density at radius 1 is 1.20 bits per heavy atom. The first-order valence-corrected chi connectivity index (χ1v) is 8.54. The largest absolute Gasteiger partial charge is 0.353 e. The van der Waals surface area contributed by atoms with E-state index in [1.807, 2.05) is 36.9 Å². The van der Waals surface area contributed by atoms with Gasteiger partial charge < -0.3 is 10.2 Å². The number of hydrogen-bond donors (Lipinski definition) is 1. The van der Waals surface area contributed by atoms with Crippen molar-refractivity contribution in [1.82, 2.24) is 9.97 Å². The first-order chi connectivity index (χ1) is 12.0. The van der Waals surface area contributed by atoms with Crippen LogP contribution < -0.4 is 10.2 Å². The predicted octanol–water partition coefficient (Wildman–Crippen LogP) is 3.98. The van der Waals surface area contributed by atoms with E-state index in [9.17, 15) is 10.1 Å². The van der Waals surface area contributed by atoms with Crippen molar-refractivity contribution in [2.24, 2.45) is 5.92 Å². The molecule has 0 atom stereocenters. The first kappa shape index (κ1) is 17.1. The molecule has 2 aromatic rings. The molecule has 132 valence electrons. The van der Waals surface area contributed by atoms with Gasteiger partial charge in [-0.2, -0.15) is 0 Å². The molecule has 1 aliphatic heterocycles. The molecular weight excluding hydrogens is 318 g/mol. The van der Waals surface area contributed by atoms with Gasteiger partial charge in [-0.1, -0.05) is 13.0 Å². The predicted molar refractivity (Wildman–Crippen MR) is 98.5 cm³/mol. The lowest BCUT2D eigenvalue weighted by Crippen LogP contribution is -2.34. The molecule has 0 radical (unpaired) electrons. The van der Waals surface area contributed by atoms with Gasteiger partial charge in [0.1, 0.15) is 6.33 Å². The molecule has 7 heteroatoms. The van der Waals surface area contributed by atoms with Crippen molar-refractivity contribution < 1.29 is 4.92 Å². The lowest BCUT2D eigenvalue weighted by atomic mass is 9.99. The van der Waals surface area contributed by atoms with Crippen LogP contribution in [0.3, 0.4) is 0 Å². The van der Waals surface area contributed by atoms with Gasteiger partial charge in [0.05, 0.1) is 4.92 Å². The number of anilines is 3. The number of nitrogens with one attached hydrogen (secondary N) is 1. The van der Waals surface area contributed by atoms with Crippen LogP contribution in [0.4, 0.5) is 23.0 Å². The zero-order valence-corrected chi connectivity index (χ0v) is 14.8.